The summed E-state index contributed by atoms with van der Waals surface area (Å²) in [6, 6.07) is 6.78. The van der Waals surface area contributed by atoms with Gasteiger partial charge < -0.3 is 10.6 Å². The van der Waals surface area contributed by atoms with Crippen LogP contribution in [0, 0.1) is 0 Å². The molecule has 0 fully saturated rings. The van der Waals surface area contributed by atoms with Crippen molar-refractivity contribution in [3.8, 4) is 0 Å². The molecule has 1 rings (SSSR count). The first-order valence-corrected chi connectivity index (χ1v) is 5.42. The van der Waals surface area contributed by atoms with E-state index < -0.39 is 0 Å². The molecule has 0 saturated heterocycles. The Bertz CT molecular complexity index is 376. The van der Waals surface area contributed by atoms with Crippen LogP contribution in [0.4, 0.5) is 0 Å². The van der Waals surface area contributed by atoms with Gasteiger partial charge in [0.05, 0.1) is 6.54 Å². The Balaban J connectivity index is 2.47. The van der Waals surface area contributed by atoms with Crippen molar-refractivity contribution in [2.75, 3.05) is 13.1 Å². The normalized spacial score (nSPS) is 9.62. The smallest absolute Gasteiger partial charge is 0.251 e. The monoisotopic (exact) mass is 238 g/mol. The Hall–Kier alpha value is -1.49. The molecule has 1 aromatic rings. The summed E-state index contributed by atoms with van der Waals surface area (Å²) in [5, 5.41) is 5.12. The van der Waals surface area contributed by atoms with Crippen LogP contribution in [0.2, 0.25) is 0 Å². The molecule has 2 amide bonds. The third-order valence-corrected chi connectivity index (χ3v) is 2.21. The van der Waals surface area contributed by atoms with Gasteiger partial charge in [-0.3, -0.25) is 9.59 Å². The molecule has 0 aliphatic rings. The van der Waals surface area contributed by atoms with Gasteiger partial charge in [0, 0.05) is 17.0 Å². The van der Waals surface area contributed by atoms with Crippen LogP contribution in [0.1, 0.15) is 17.3 Å². The van der Waals surface area contributed by atoms with Crippen LogP contribution in [-0.4, -0.2) is 24.9 Å². The Morgan fingerprint density at radius 1 is 1.19 bits per heavy atom. The SMILES string of the molecule is CCNC(=O)CNC(=O)c1ccc(S)cc1. The number of hydrogen-bond acceptors (Lipinski definition) is 3. The van der Waals surface area contributed by atoms with Gasteiger partial charge in [-0.25, -0.2) is 0 Å². The standard InChI is InChI=1S/C11H14N2O2S/c1-2-12-10(14)7-13-11(15)8-3-5-9(16)6-4-8/h3-6,16H,2,7H2,1H3,(H,12,14)(H,13,15). The minimum absolute atomic E-state index is 0.00466. The second kappa shape index (κ2) is 6.17. The molecular formula is C11H14N2O2S. The molecule has 5 heteroatoms. The maximum Gasteiger partial charge on any atom is 0.251 e. The fourth-order valence-corrected chi connectivity index (χ4v) is 1.28. The van der Waals surface area contributed by atoms with E-state index in [1.54, 1.807) is 24.3 Å². The maximum absolute atomic E-state index is 11.5. The van der Waals surface area contributed by atoms with Crippen molar-refractivity contribution in [2.45, 2.75) is 11.8 Å². The van der Waals surface area contributed by atoms with Crippen LogP contribution in [0.3, 0.4) is 0 Å². The van der Waals surface area contributed by atoms with Crippen LogP contribution >= 0.6 is 12.6 Å². The molecule has 2 N–H and O–H groups in total. The topological polar surface area (TPSA) is 58.2 Å². The zero-order valence-corrected chi connectivity index (χ0v) is 9.88. The molecule has 0 radical (unpaired) electrons. The largest absolute Gasteiger partial charge is 0.355 e. The second-order valence-corrected chi connectivity index (χ2v) is 3.70. The van der Waals surface area contributed by atoms with Crippen molar-refractivity contribution in [2.24, 2.45) is 0 Å². The number of thiol groups is 1. The summed E-state index contributed by atoms with van der Waals surface area (Å²) in [4.78, 5) is 23.4. The van der Waals surface area contributed by atoms with Crippen LogP contribution in [-0.2, 0) is 4.79 Å². The summed E-state index contributed by atoms with van der Waals surface area (Å²) in [5.74, 6) is -0.457. The minimum Gasteiger partial charge on any atom is -0.355 e. The van der Waals surface area contributed by atoms with Crippen LogP contribution < -0.4 is 10.6 Å². The highest BCUT2D eigenvalue weighted by molar-refractivity contribution is 7.80. The Morgan fingerprint density at radius 2 is 1.81 bits per heavy atom. The molecule has 1 aromatic carbocycles. The lowest BCUT2D eigenvalue weighted by Gasteiger charge is -2.05. The Kier molecular flexibility index (Phi) is 4.85. The third kappa shape index (κ3) is 3.94. The first kappa shape index (κ1) is 12.6. The molecule has 0 heterocycles. The number of carbonyl (C=O) groups excluding carboxylic acids is 2. The second-order valence-electron chi connectivity index (χ2n) is 3.18. The van der Waals surface area contributed by atoms with E-state index in [0.717, 1.165) is 4.90 Å². The maximum atomic E-state index is 11.5. The molecule has 86 valence electrons. The van der Waals surface area contributed by atoms with Crippen molar-refractivity contribution >= 4 is 24.4 Å². The van der Waals surface area contributed by atoms with Crippen LogP contribution in [0.15, 0.2) is 29.2 Å². The van der Waals surface area contributed by atoms with Gasteiger partial charge in [-0.1, -0.05) is 0 Å². The molecule has 0 aromatic heterocycles. The van der Waals surface area contributed by atoms with E-state index in [2.05, 4.69) is 23.3 Å². The van der Waals surface area contributed by atoms with Gasteiger partial charge in [-0.15, -0.1) is 12.6 Å². The summed E-state index contributed by atoms with van der Waals surface area (Å²) in [7, 11) is 0. The van der Waals surface area contributed by atoms with Gasteiger partial charge in [0.1, 0.15) is 0 Å². The molecule has 0 unspecified atom stereocenters. The van der Waals surface area contributed by atoms with E-state index in [1.165, 1.54) is 0 Å². The number of nitrogens with one attached hydrogen (secondary N) is 2. The summed E-state index contributed by atoms with van der Waals surface area (Å²) in [6.07, 6.45) is 0. The highest BCUT2D eigenvalue weighted by Crippen LogP contribution is 2.07. The zero-order valence-electron chi connectivity index (χ0n) is 8.99. The summed E-state index contributed by atoms with van der Waals surface area (Å²) in [6.45, 7) is 2.38. The average Bonchev–Trinajstić information content (AvgIpc) is 2.27. The van der Waals surface area contributed by atoms with E-state index in [1.807, 2.05) is 6.92 Å². The third-order valence-electron chi connectivity index (χ3n) is 1.91. The zero-order chi connectivity index (χ0) is 12.0. The Labute approximate surface area is 99.8 Å². The van der Waals surface area contributed by atoms with Crippen LogP contribution in [0.25, 0.3) is 0 Å². The molecule has 16 heavy (non-hydrogen) atoms. The van der Waals surface area contributed by atoms with Gasteiger partial charge in [-0.2, -0.15) is 0 Å². The fraction of sp³-hybridized carbons (Fsp3) is 0.273. The summed E-state index contributed by atoms with van der Waals surface area (Å²) < 4.78 is 0. The number of amides is 2. The molecule has 0 aliphatic heterocycles. The number of carbonyl (C=O) groups is 2. The lowest BCUT2D eigenvalue weighted by Crippen LogP contribution is -2.36. The molecule has 0 saturated carbocycles. The van der Waals surface area contributed by atoms with Gasteiger partial charge in [0.2, 0.25) is 5.91 Å². The number of benzene rings is 1. The van der Waals surface area contributed by atoms with Gasteiger partial charge in [0.25, 0.3) is 5.91 Å². The lowest BCUT2D eigenvalue weighted by atomic mass is 10.2. The molecule has 4 nitrogen and oxygen atoms in total. The van der Waals surface area contributed by atoms with Gasteiger partial charge in [0.15, 0.2) is 0 Å². The highest BCUT2D eigenvalue weighted by atomic mass is 32.1. The number of rotatable bonds is 4. The van der Waals surface area contributed by atoms with E-state index in [0.29, 0.717) is 12.1 Å². The Morgan fingerprint density at radius 3 is 2.38 bits per heavy atom. The predicted octanol–water partition coefficient (Wildman–Crippen LogP) is 0.841. The first-order valence-electron chi connectivity index (χ1n) is 4.97. The summed E-state index contributed by atoms with van der Waals surface area (Å²) in [5.41, 5.74) is 0.516. The van der Waals surface area contributed by atoms with Crippen LogP contribution in [0.5, 0.6) is 0 Å². The van der Waals surface area contributed by atoms with Crippen molar-refractivity contribution in [3.63, 3.8) is 0 Å². The van der Waals surface area contributed by atoms with Gasteiger partial charge >= 0.3 is 0 Å². The molecule has 0 aliphatic carbocycles. The predicted molar refractivity (Wildman–Crippen MR) is 64.7 cm³/mol. The minimum atomic E-state index is -0.264. The average molecular weight is 238 g/mol. The van der Waals surface area contributed by atoms with Crippen molar-refractivity contribution < 1.29 is 9.59 Å². The van der Waals surface area contributed by atoms with Crippen molar-refractivity contribution in [1.82, 2.24) is 10.6 Å². The lowest BCUT2D eigenvalue weighted by molar-refractivity contribution is -0.120. The number of likely N-dealkylation sites (N-methyl/N-ethyl adjacent to an activating group) is 1. The van der Waals surface area contributed by atoms with Gasteiger partial charge in [-0.05, 0) is 31.2 Å². The van der Waals surface area contributed by atoms with E-state index in [-0.39, 0.29) is 18.4 Å². The first-order chi connectivity index (χ1) is 7.63. The van der Waals surface area contributed by atoms with Crippen molar-refractivity contribution in [1.29, 1.82) is 0 Å². The highest BCUT2D eigenvalue weighted by Gasteiger charge is 2.06. The number of hydrogen-bond donors (Lipinski definition) is 3. The molecular weight excluding hydrogens is 224 g/mol. The van der Waals surface area contributed by atoms with E-state index in [4.69, 9.17) is 0 Å². The quantitative estimate of drug-likeness (QED) is 0.681. The van der Waals surface area contributed by atoms with E-state index >= 15 is 0 Å². The summed E-state index contributed by atoms with van der Waals surface area (Å²) >= 11 is 4.12. The molecule has 0 atom stereocenters. The fourth-order valence-electron chi connectivity index (χ4n) is 1.14. The van der Waals surface area contributed by atoms with Crippen molar-refractivity contribution in [3.05, 3.63) is 29.8 Å². The molecule has 0 bridgehead atoms. The van der Waals surface area contributed by atoms with E-state index in [9.17, 15) is 9.59 Å². The molecule has 0 spiro atoms.